The van der Waals surface area contributed by atoms with Crippen LogP contribution in [0.3, 0.4) is 0 Å². The SMILES string of the molecule is C[C@@H](NC(=O)[C@H]1CCCc2c1nn(-c1ccc(Cl)cc1Cl)c2-c1ccc(Br)s1)c1ccccc1. The van der Waals surface area contributed by atoms with Gasteiger partial charge in [0.1, 0.15) is 0 Å². The highest BCUT2D eigenvalue weighted by Crippen LogP contribution is 2.43. The predicted octanol–water partition coefficient (Wildman–Crippen LogP) is 7.97. The summed E-state index contributed by atoms with van der Waals surface area (Å²) in [7, 11) is 0. The van der Waals surface area contributed by atoms with E-state index in [1.165, 1.54) is 0 Å². The van der Waals surface area contributed by atoms with Crippen molar-refractivity contribution in [2.24, 2.45) is 0 Å². The van der Waals surface area contributed by atoms with Gasteiger partial charge >= 0.3 is 0 Å². The number of carbonyl (C=O) groups excluding carboxylic acids is 1. The van der Waals surface area contributed by atoms with E-state index in [0.29, 0.717) is 10.0 Å². The normalized spacial score (nSPS) is 16.2. The third kappa shape index (κ3) is 4.57. The van der Waals surface area contributed by atoms with E-state index in [0.717, 1.165) is 56.1 Å². The largest absolute Gasteiger partial charge is 0.349 e. The van der Waals surface area contributed by atoms with Crippen LogP contribution >= 0.6 is 50.5 Å². The molecular weight excluding hydrogens is 553 g/mol. The molecule has 0 unspecified atom stereocenters. The molecule has 0 spiro atoms. The number of aromatic nitrogens is 2. The first-order valence-electron chi connectivity index (χ1n) is 11.1. The second-order valence-electron chi connectivity index (χ2n) is 8.41. The van der Waals surface area contributed by atoms with E-state index in [9.17, 15) is 4.79 Å². The fourth-order valence-electron chi connectivity index (χ4n) is 4.53. The highest BCUT2D eigenvalue weighted by atomic mass is 79.9. The third-order valence-electron chi connectivity index (χ3n) is 6.18. The molecule has 0 fully saturated rings. The van der Waals surface area contributed by atoms with E-state index in [4.69, 9.17) is 28.3 Å². The summed E-state index contributed by atoms with van der Waals surface area (Å²) in [6, 6.07) is 19.4. The topological polar surface area (TPSA) is 46.9 Å². The molecular formula is C26H22BrCl2N3OS. The molecule has 1 aliphatic carbocycles. The third-order valence-corrected chi connectivity index (χ3v) is 8.35. The maximum Gasteiger partial charge on any atom is 0.229 e. The predicted molar refractivity (Wildman–Crippen MR) is 143 cm³/mol. The zero-order valence-corrected chi connectivity index (χ0v) is 22.3. The molecule has 1 N–H and O–H groups in total. The van der Waals surface area contributed by atoms with Crippen molar-refractivity contribution in [1.82, 2.24) is 15.1 Å². The first kappa shape index (κ1) is 23.6. The van der Waals surface area contributed by atoms with Gasteiger partial charge in [-0.3, -0.25) is 4.79 Å². The molecule has 34 heavy (non-hydrogen) atoms. The second kappa shape index (κ2) is 9.86. The smallest absolute Gasteiger partial charge is 0.229 e. The van der Waals surface area contributed by atoms with Gasteiger partial charge in [-0.2, -0.15) is 5.10 Å². The summed E-state index contributed by atoms with van der Waals surface area (Å²) in [4.78, 5) is 14.5. The monoisotopic (exact) mass is 573 g/mol. The highest BCUT2D eigenvalue weighted by Gasteiger charge is 2.34. The van der Waals surface area contributed by atoms with Crippen molar-refractivity contribution in [1.29, 1.82) is 0 Å². The second-order valence-corrected chi connectivity index (χ2v) is 11.7. The lowest BCUT2D eigenvalue weighted by Gasteiger charge is -2.23. The number of hydrogen-bond acceptors (Lipinski definition) is 3. The summed E-state index contributed by atoms with van der Waals surface area (Å²) in [5.41, 5.74) is 4.75. The number of nitrogens with one attached hydrogen (secondary N) is 1. The van der Waals surface area contributed by atoms with Gasteiger partial charge in [0, 0.05) is 10.6 Å². The lowest BCUT2D eigenvalue weighted by molar-refractivity contribution is -0.123. The number of benzene rings is 2. The fourth-order valence-corrected chi connectivity index (χ4v) is 6.46. The Morgan fingerprint density at radius 2 is 1.97 bits per heavy atom. The minimum absolute atomic E-state index is 0.00284. The van der Waals surface area contributed by atoms with Crippen LogP contribution in [0.25, 0.3) is 16.3 Å². The van der Waals surface area contributed by atoms with Gasteiger partial charge in [0.2, 0.25) is 5.91 Å². The summed E-state index contributed by atoms with van der Waals surface area (Å²) in [5, 5.41) is 9.29. The molecule has 4 aromatic rings. The van der Waals surface area contributed by atoms with E-state index in [1.54, 1.807) is 17.4 Å². The van der Waals surface area contributed by atoms with Crippen molar-refractivity contribution in [2.45, 2.75) is 38.1 Å². The van der Waals surface area contributed by atoms with Crippen LogP contribution in [0.2, 0.25) is 10.0 Å². The van der Waals surface area contributed by atoms with Gasteiger partial charge in [-0.25, -0.2) is 4.68 Å². The van der Waals surface area contributed by atoms with Crippen molar-refractivity contribution in [2.75, 3.05) is 0 Å². The van der Waals surface area contributed by atoms with E-state index in [2.05, 4.69) is 27.3 Å². The van der Waals surface area contributed by atoms with Crippen molar-refractivity contribution in [3.8, 4) is 16.3 Å². The van der Waals surface area contributed by atoms with Gasteiger partial charge in [-0.05, 0) is 78.0 Å². The Balaban J connectivity index is 1.57. The molecule has 0 saturated heterocycles. The van der Waals surface area contributed by atoms with Crippen molar-refractivity contribution in [3.05, 3.63) is 91.3 Å². The van der Waals surface area contributed by atoms with Crippen LogP contribution in [-0.2, 0) is 11.2 Å². The van der Waals surface area contributed by atoms with E-state index in [-0.39, 0.29) is 17.9 Å². The maximum absolute atomic E-state index is 13.4. The fraction of sp³-hybridized carbons (Fsp3) is 0.231. The maximum atomic E-state index is 13.4. The molecule has 2 aromatic heterocycles. The first-order valence-corrected chi connectivity index (χ1v) is 13.5. The molecule has 5 rings (SSSR count). The first-order chi connectivity index (χ1) is 16.4. The number of rotatable bonds is 5. The zero-order chi connectivity index (χ0) is 23.8. The summed E-state index contributed by atoms with van der Waals surface area (Å²) in [6.45, 7) is 2.01. The molecule has 2 heterocycles. The molecule has 8 heteroatoms. The van der Waals surface area contributed by atoms with E-state index in [1.807, 2.05) is 60.1 Å². The molecule has 0 saturated carbocycles. The average molecular weight is 575 g/mol. The van der Waals surface area contributed by atoms with Crippen LogP contribution in [0.5, 0.6) is 0 Å². The molecule has 2 atom stereocenters. The standard InChI is InChI=1S/C26H22BrCl2N3OS/c1-15(16-6-3-2-4-7-16)30-26(33)19-9-5-8-18-24(19)31-32(21-11-10-17(28)14-20(21)29)25(18)22-12-13-23(27)34-22/h2-4,6-7,10-15,19H,5,8-9H2,1H3,(H,30,33)/t15-,19+/m1/s1. The molecule has 2 aromatic carbocycles. The molecule has 1 amide bonds. The number of halogens is 3. The van der Waals surface area contributed by atoms with Gasteiger partial charge in [0.15, 0.2) is 0 Å². The van der Waals surface area contributed by atoms with Crippen molar-refractivity contribution >= 4 is 56.4 Å². The number of nitrogens with zero attached hydrogens (tertiary/aromatic N) is 2. The van der Waals surface area contributed by atoms with Gasteiger partial charge in [0.25, 0.3) is 0 Å². The number of thiophene rings is 1. The molecule has 4 nitrogen and oxygen atoms in total. The van der Waals surface area contributed by atoms with Crippen LogP contribution in [0.15, 0.2) is 64.5 Å². The van der Waals surface area contributed by atoms with Crippen molar-refractivity contribution < 1.29 is 4.79 Å². The van der Waals surface area contributed by atoms with E-state index < -0.39 is 0 Å². The molecule has 0 radical (unpaired) electrons. The zero-order valence-electron chi connectivity index (χ0n) is 18.4. The molecule has 0 bridgehead atoms. The summed E-state index contributed by atoms with van der Waals surface area (Å²) in [6.07, 6.45) is 2.55. The van der Waals surface area contributed by atoms with Crippen molar-refractivity contribution in [3.63, 3.8) is 0 Å². The summed E-state index contributed by atoms with van der Waals surface area (Å²) in [5.74, 6) is -0.313. The lowest BCUT2D eigenvalue weighted by atomic mass is 9.85. The Kier molecular flexibility index (Phi) is 6.85. The summed E-state index contributed by atoms with van der Waals surface area (Å²) < 4.78 is 2.92. The van der Waals surface area contributed by atoms with Crippen LogP contribution in [0.4, 0.5) is 0 Å². The molecule has 174 valence electrons. The molecule has 0 aliphatic heterocycles. The number of amides is 1. The Labute approximate surface area is 221 Å². The van der Waals surface area contributed by atoms with Crippen LogP contribution < -0.4 is 5.32 Å². The van der Waals surface area contributed by atoms with Gasteiger partial charge in [-0.1, -0.05) is 53.5 Å². The van der Waals surface area contributed by atoms with Crippen LogP contribution in [0, 0.1) is 0 Å². The summed E-state index contributed by atoms with van der Waals surface area (Å²) >= 11 is 18.0. The Morgan fingerprint density at radius 1 is 1.18 bits per heavy atom. The molecule has 1 aliphatic rings. The van der Waals surface area contributed by atoms with Gasteiger partial charge in [0.05, 0.1) is 42.7 Å². The minimum Gasteiger partial charge on any atom is -0.349 e. The Bertz CT molecular complexity index is 1350. The van der Waals surface area contributed by atoms with E-state index >= 15 is 0 Å². The number of hydrogen-bond donors (Lipinski definition) is 1. The Morgan fingerprint density at radius 3 is 2.68 bits per heavy atom. The van der Waals surface area contributed by atoms with Crippen LogP contribution in [0.1, 0.15) is 48.5 Å². The quantitative estimate of drug-likeness (QED) is 0.263. The number of carbonyl (C=O) groups is 1. The number of fused-ring (bicyclic) bond motifs is 1. The van der Waals surface area contributed by atoms with Gasteiger partial charge < -0.3 is 5.32 Å². The van der Waals surface area contributed by atoms with Crippen LogP contribution in [-0.4, -0.2) is 15.7 Å². The highest BCUT2D eigenvalue weighted by molar-refractivity contribution is 9.11. The lowest BCUT2D eigenvalue weighted by Crippen LogP contribution is -2.33. The minimum atomic E-state index is -0.315. The van der Waals surface area contributed by atoms with Gasteiger partial charge in [-0.15, -0.1) is 11.3 Å². The average Bonchev–Trinajstić information content (AvgIpc) is 3.42. The Hall–Kier alpha value is -2.12.